The third-order valence-electron chi connectivity index (χ3n) is 6.65. The van der Waals surface area contributed by atoms with Crippen LogP contribution in [0.4, 0.5) is 19.0 Å². The number of nitrogens with one attached hydrogen (secondary N) is 1. The molecule has 7 nitrogen and oxygen atoms in total. The molecule has 11 heteroatoms. The topological polar surface area (TPSA) is 80.8 Å². The minimum atomic E-state index is -4.66. The fourth-order valence-corrected chi connectivity index (χ4v) is 4.57. The van der Waals surface area contributed by atoms with Gasteiger partial charge in [0.25, 0.3) is 5.91 Å². The van der Waals surface area contributed by atoms with E-state index in [-0.39, 0.29) is 17.5 Å². The number of hydrogen-bond acceptors (Lipinski definition) is 6. The number of alkyl halides is 3. The lowest BCUT2D eigenvalue weighted by atomic mass is 10.0. The lowest BCUT2D eigenvalue weighted by molar-refractivity contribution is -0.137. The van der Waals surface area contributed by atoms with E-state index in [0.717, 1.165) is 17.8 Å². The van der Waals surface area contributed by atoms with E-state index < -0.39 is 29.2 Å². The van der Waals surface area contributed by atoms with E-state index in [1.54, 1.807) is 53.4 Å². The number of aromatic nitrogens is 1. The first-order valence-corrected chi connectivity index (χ1v) is 12.2. The summed E-state index contributed by atoms with van der Waals surface area (Å²) >= 11 is 5.99. The SMILES string of the molecule is COC(=O)c1ccc(C2(NC(=O)c3cc(C(F)(F)F)cnc3N3CC(Oc4cccc(Cl)c4)C3)CC2)cc1. The molecule has 2 aromatic carbocycles. The van der Waals surface area contributed by atoms with Crippen molar-refractivity contribution in [3.63, 3.8) is 0 Å². The van der Waals surface area contributed by atoms with E-state index in [9.17, 15) is 22.8 Å². The number of carbonyl (C=O) groups is 2. The highest BCUT2D eigenvalue weighted by Crippen LogP contribution is 2.46. The van der Waals surface area contributed by atoms with Crippen molar-refractivity contribution in [2.75, 3.05) is 25.1 Å². The van der Waals surface area contributed by atoms with Gasteiger partial charge in [0.2, 0.25) is 0 Å². The summed E-state index contributed by atoms with van der Waals surface area (Å²) in [5.74, 6) is -0.419. The monoisotopic (exact) mass is 545 g/mol. The van der Waals surface area contributed by atoms with Gasteiger partial charge in [-0.2, -0.15) is 13.2 Å². The Balaban J connectivity index is 1.35. The van der Waals surface area contributed by atoms with Crippen molar-refractivity contribution in [3.8, 4) is 5.75 Å². The van der Waals surface area contributed by atoms with Crippen molar-refractivity contribution < 1.29 is 32.2 Å². The molecule has 3 aromatic rings. The predicted octanol–water partition coefficient (Wildman–Crippen LogP) is 5.23. The molecule has 5 rings (SSSR count). The largest absolute Gasteiger partial charge is 0.487 e. The van der Waals surface area contributed by atoms with Gasteiger partial charge in [-0.1, -0.05) is 29.8 Å². The second-order valence-electron chi connectivity index (χ2n) is 9.30. The van der Waals surface area contributed by atoms with Crippen molar-refractivity contribution >= 4 is 29.3 Å². The van der Waals surface area contributed by atoms with Crippen molar-refractivity contribution in [3.05, 3.63) is 88.1 Å². The number of halogens is 4. The summed E-state index contributed by atoms with van der Waals surface area (Å²) in [6.07, 6.45) is -2.95. The number of rotatable bonds is 7. The van der Waals surface area contributed by atoms with Gasteiger partial charge in [-0.05, 0) is 54.8 Å². The standard InChI is InChI=1S/C27H23ClF3N3O4/c1-37-25(36)16-5-7-17(8-6-16)26(9-10-26)33-24(35)22-11-18(27(29,30)31)13-32-23(22)34-14-21(15-34)38-20-4-2-3-19(28)12-20/h2-8,11-13,21H,9-10,14-15H2,1H3,(H,33,35). The third kappa shape index (κ3) is 5.26. The average Bonchev–Trinajstić information content (AvgIpc) is 3.65. The van der Waals surface area contributed by atoms with Crippen LogP contribution in [-0.2, 0) is 16.5 Å². The van der Waals surface area contributed by atoms with Crippen LogP contribution < -0.4 is 15.0 Å². The van der Waals surface area contributed by atoms with Gasteiger partial charge in [0.15, 0.2) is 0 Å². The molecule has 1 aliphatic carbocycles. The molecule has 38 heavy (non-hydrogen) atoms. The summed E-state index contributed by atoms with van der Waals surface area (Å²) in [5, 5.41) is 3.43. The maximum absolute atomic E-state index is 13.5. The molecular weight excluding hydrogens is 523 g/mol. The van der Waals surface area contributed by atoms with Crippen LogP contribution in [0.3, 0.4) is 0 Å². The number of pyridine rings is 1. The Morgan fingerprint density at radius 1 is 1.11 bits per heavy atom. The third-order valence-corrected chi connectivity index (χ3v) is 6.88. The smallest absolute Gasteiger partial charge is 0.417 e. The maximum atomic E-state index is 13.5. The average molecular weight is 546 g/mol. The van der Waals surface area contributed by atoms with E-state index in [2.05, 4.69) is 10.3 Å². The molecule has 0 unspecified atom stereocenters. The number of amides is 1. The quantitative estimate of drug-likeness (QED) is 0.410. The molecule has 1 aromatic heterocycles. The second kappa shape index (κ2) is 9.83. The van der Waals surface area contributed by atoms with Gasteiger partial charge < -0.3 is 19.7 Å². The van der Waals surface area contributed by atoms with Crippen molar-refractivity contribution in [1.82, 2.24) is 10.3 Å². The summed E-state index contributed by atoms with van der Waals surface area (Å²) < 4.78 is 51.1. The number of methoxy groups -OCH3 is 1. The Bertz CT molecular complexity index is 1370. The van der Waals surface area contributed by atoms with E-state index in [0.29, 0.717) is 42.3 Å². The minimum absolute atomic E-state index is 0.151. The Morgan fingerprint density at radius 3 is 2.42 bits per heavy atom. The molecule has 0 bridgehead atoms. The molecule has 2 heterocycles. The molecule has 1 N–H and O–H groups in total. The molecule has 2 aliphatic rings. The van der Waals surface area contributed by atoms with Gasteiger partial charge in [0, 0.05) is 11.2 Å². The van der Waals surface area contributed by atoms with Gasteiger partial charge in [-0.15, -0.1) is 0 Å². The first kappa shape index (κ1) is 25.8. The summed E-state index contributed by atoms with van der Waals surface area (Å²) in [7, 11) is 1.28. The second-order valence-corrected chi connectivity index (χ2v) is 9.74. The zero-order chi connectivity index (χ0) is 27.1. The normalized spacial score (nSPS) is 16.4. The van der Waals surface area contributed by atoms with Crippen LogP contribution in [0.5, 0.6) is 5.75 Å². The Kier molecular flexibility index (Phi) is 6.68. The highest BCUT2D eigenvalue weighted by atomic mass is 35.5. The van der Waals surface area contributed by atoms with Gasteiger partial charge >= 0.3 is 12.1 Å². The number of nitrogens with zero attached hydrogens (tertiary/aromatic N) is 2. The molecule has 0 atom stereocenters. The van der Waals surface area contributed by atoms with E-state index >= 15 is 0 Å². The Hall–Kier alpha value is -3.79. The Labute approximate surface area is 221 Å². The fraction of sp³-hybridized carbons (Fsp3) is 0.296. The summed E-state index contributed by atoms with van der Waals surface area (Å²) in [6, 6.07) is 14.3. The molecule has 1 saturated heterocycles. The summed E-state index contributed by atoms with van der Waals surface area (Å²) in [6.45, 7) is 0.677. The molecule has 2 fully saturated rings. The number of esters is 1. The van der Waals surface area contributed by atoms with E-state index in [1.807, 2.05) is 0 Å². The van der Waals surface area contributed by atoms with Gasteiger partial charge in [-0.3, -0.25) is 4.79 Å². The number of ether oxygens (including phenoxy) is 2. The lowest BCUT2D eigenvalue weighted by Gasteiger charge is -2.40. The summed E-state index contributed by atoms with van der Waals surface area (Å²) in [5.41, 5.74) is -0.803. The van der Waals surface area contributed by atoms with Crippen LogP contribution in [0.1, 0.15) is 44.7 Å². The van der Waals surface area contributed by atoms with E-state index in [4.69, 9.17) is 21.1 Å². The van der Waals surface area contributed by atoms with Gasteiger partial charge in [-0.25, -0.2) is 9.78 Å². The number of hydrogen-bond donors (Lipinski definition) is 1. The van der Waals surface area contributed by atoms with Crippen LogP contribution in [0, 0.1) is 0 Å². The van der Waals surface area contributed by atoms with Gasteiger partial charge in [0.1, 0.15) is 17.7 Å². The zero-order valence-electron chi connectivity index (χ0n) is 20.2. The zero-order valence-corrected chi connectivity index (χ0v) is 21.0. The van der Waals surface area contributed by atoms with Crippen LogP contribution in [0.25, 0.3) is 0 Å². The molecule has 1 aliphatic heterocycles. The Morgan fingerprint density at radius 2 is 1.82 bits per heavy atom. The molecule has 1 amide bonds. The van der Waals surface area contributed by atoms with Gasteiger partial charge in [0.05, 0.1) is 42.4 Å². The first-order chi connectivity index (χ1) is 18.1. The maximum Gasteiger partial charge on any atom is 0.417 e. The van der Waals surface area contributed by atoms with Crippen LogP contribution in [-0.4, -0.2) is 43.2 Å². The number of benzene rings is 2. The minimum Gasteiger partial charge on any atom is -0.487 e. The molecular formula is C27H23ClF3N3O4. The van der Waals surface area contributed by atoms with Crippen LogP contribution in [0.15, 0.2) is 60.8 Å². The van der Waals surface area contributed by atoms with Crippen molar-refractivity contribution in [2.24, 2.45) is 0 Å². The van der Waals surface area contributed by atoms with Crippen molar-refractivity contribution in [2.45, 2.75) is 30.7 Å². The number of carbonyl (C=O) groups excluding carboxylic acids is 2. The molecule has 0 radical (unpaired) electrons. The van der Waals surface area contributed by atoms with Crippen molar-refractivity contribution in [1.29, 1.82) is 0 Å². The fourth-order valence-electron chi connectivity index (χ4n) is 4.39. The van der Waals surface area contributed by atoms with Crippen LogP contribution >= 0.6 is 11.6 Å². The molecule has 198 valence electrons. The first-order valence-electron chi connectivity index (χ1n) is 11.8. The highest BCUT2D eigenvalue weighted by molar-refractivity contribution is 6.30. The predicted molar refractivity (Wildman–Crippen MR) is 133 cm³/mol. The highest BCUT2D eigenvalue weighted by Gasteiger charge is 2.47. The summed E-state index contributed by atoms with van der Waals surface area (Å²) in [4.78, 5) is 30.8. The van der Waals surface area contributed by atoms with E-state index in [1.165, 1.54) is 7.11 Å². The lowest BCUT2D eigenvalue weighted by Crippen LogP contribution is -2.55. The van der Waals surface area contributed by atoms with Crippen LogP contribution in [0.2, 0.25) is 5.02 Å². The molecule has 0 spiro atoms. The molecule has 1 saturated carbocycles. The number of anilines is 1.